The number of hydrogen-bond donors (Lipinski definition) is 1. The summed E-state index contributed by atoms with van der Waals surface area (Å²) in [4.78, 5) is 4.26. The van der Waals surface area contributed by atoms with E-state index in [-0.39, 0.29) is 5.75 Å². The van der Waals surface area contributed by atoms with Gasteiger partial charge in [0.25, 0.3) is 0 Å². The Balaban J connectivity index is 2.48. The van der Waals surface area contributed by atoms with Crippen LogP contribution in [-0.4, -0.2) is 16.7 Å². The number of aromatic hydroxyl groups is 1. The zero-order chi connectivity index (χ0) is 11.4. The number of ether oxygens (including phenoxy) is 1. The van der Waals surface area contributed by atoms with Crippen molar-refractivity contribution in [1.29, 1.82) is 0 Å². The molecule has 0 saturated heterocycles. The van der Waals surface area contributed by atoms with E-state index in [1.165, 1.54) is 0 Å². The summed E-state index contributed by atoms with van der Waals surface area (Å²) in [5.74, 6) is 0.851. The maximum atomic E-state index is 9.41. The number of hydrogen-bond acceptors (Lipinski definition) is 3. The summed E-state index contributed by atoms with van der Waals surface area (Å²) in [5, 5.41) is 9.41. The molecule has 0 spiro atoms. The summed E-state index contributed by atoms with van der Waals surface area (Å²) in [6.07, 6.45) is 1.73. The van der Waals surface area contributed by atoms with Crippen LogP contribution in [0.5, 0.6) is 11.5 Å². The third-order valence-corrected chi connectivity index (χ3v) is 2.21. The van der Waals surface area contributed by atoms with E-state index < -0.39 is 0 Å². The maximum Gasteiger partial charge on any atom is 0.132 e. The van der Waals surface area contributed by atoms with Crippen molar-refractivity contribution in [3.63, 3.8) is 0 Å². The second-order valence-electron chi connectivity index (χ2n) is 3.33. The number of phenols is 1. The van der Waals surface area contributed by atoms with Gasteiger partial charge in [-0.2, -0.15) is 0 Å². The molecular formula is C13H13NO2. The summed E-state index contributed by atoms with van der Waals surface area (Å²) in [7, 11) is 0. The molecule has 1 aromatic heterocycles. The first kappa shape index (κ1) is 10.5. The lowest BCUT2D eigenvalue weighted by atomic mass is 10.1. The number of aromatic nitrogens is 1. The van der Waals surface area contributed by atoms with Gasteiger partial charge in [0.15, 0.2) is 0 Å². The van der Waals surface area contributed by atoms with Crippen LogP contribution in [0.3, 0.4) is 0 Å². The Morgan fingerprint density at radius 2 is 2.12 bits per heavy atom. The molecule has 0 saturated carbocycles. The minimum absolute atomic E-state index is 0.197. The lowest BCUT2D eigenvalue weighted by Gasteiger charge is -2.09. The fourth-order valence-corrected chi connectivity index (χ4v) is 1.52. The zero-order valence-corrected chi connectivity index (χ0v) is 9.05. The molecule has 0 amide bonds. The van der Waals surface area contributed by atoms with Crippen LogP contribution in [0.15, 0.2) is 42.6 Å². The fraction of sp³-hybridized carbons (Fsp3) is 0.154. The van der Waals surface area contributed by atoms with E-state index in [4.69, 9.17) is 4.74 Å². The molecule has 0 fully saturated rings. The average Bonchev–Trinajstić information content (AvgIpc) is 2.31. The molecule has 3 nitrogen and oxygen atoms in total. The van der Waals surface area contributed by atoms with Gasteiger partial charge < -0.3 is 9.84 Å². The topological polar surface area (TPSA) is 42.4 Å². The van der Waals surface area contributed by atoms with Crippen LogP contribution in [0, 0.1) is 0 Å². The molecule has 0 aliphatic heterocycles. The van der Waals surface area contributed by atoms with Crippen molar-refractivity contribution in [2.24, 2.45) is 0 Å². The highest BCUT2D eigenvalue weighted by Gasteiger charge is 2.07. The number of benzene rings is 1. The molecule has 2 aromatic rings. The number of rotatable bonds is 3. The molecule has 0 unspecified atom stereocenters. The largest absolute Gasteiger partial charge is 0.508 e. The molecule has 1 N–H and O–H groups in total. The van der Waals surface area contributed by atoms with Gasteiger partial charge in [-0.25, -0.2) is 0 Å². The molecule has 3 heteroatoms. The van der Waals surface area contributed by atoms with E-state index in [0.717, 1.165) is 11.3 Å². The van der Waals surface area contributed by atoms with Crippen LogP contribution in [0.1, 0.15) is 6.92 Å². The highest BCUT2D eigenvalue weighted by molar-refractivity contribution is 5.68. The van der Waals surface area contributed by atoms with E-state index in [0.29, 0.717) is 12.4 Å². The van der Waals surface area contributed by atoms with Gasteiger partial charge in [0, 0.05) is 17.8 Å². The monoisotopic (exact) mass is 215 g/mol. The van der Waals surface area contributed by atoms with Gasteiger partial charge in [0.2, 0.25) is 0 Å². The van der Waals surface area contributed by atoms with Gasteiger partial charge in [-0.05, 0) is 31.2 Å². The molecule has 16 heavy (non-hydrogen) atoms. The zero-order valence-electron chi connectivity index (χ0n) is 9.05. The van der Waals surface area contributed by atoms with E-state index in [9.17, 15) is 5.11 Å². The number of pyridine rings is 1. The minimum Gasteiger partial charge on any atom is -0.508 e. The van der Waals surface area contributed by atoms with Crippen molar-refractivity contribution in [3.05, 3.63) is 42.6 Å². The first-order valence-electron chi connectivity index (χ1n) is 5.18. The summed E-state index contributed by atoms with van der Waals surface area (Å²) in [6.45, 7) is 2.47. The standard InChI is InChI=1S/C13H13NO2/c1-2-16-13-9-10(15)6-7-11(13)12-5-3-4-8-14-12/h3-9,15H,2H2,1H3. The summed E-state index contributed by atoms with van der Waals surface area (Å²) in [5.41, 5.74) is 1.73. The Hall–Kier alpha value is -2.03. The molecule has 0 aliphatic rings. The van der Waals surface area contributed by atoms with Gasteiger partial charge in [0.1, 0.15) is 11.5 Å². The number of nitrogens with zero attached hydrogens (tertiary/aromatic N) is 1. The third-order valence-electron chi connectivity index (χ3n) is 2.21. The van der Waals surface area contributed by atoms with Crippen LogP contribution in [0.2, 0.25) is 0 Å². The third kappa shape index (κ3) is 2.14. The highest BCUT2D eigenvalue weighted by Crippen LogP contribution is 2.31. The second-order valence-corrected chi connectivity index (χ2v) is 3.33. The van der Waals surface area contributed by atoms with Gasteiger partial charge >= 0.3 is 0 Å². The maximum absolute atomic E-state index is 9.41. The predicted octanol–water partition coefficient (Wildman–Crippen LogP) is 2.85. The van der Waals surface area contributed by atoms with Crippen LogP contribution < -0.4 is 4.74 Å². The average molecular weight is 215 g/mol. The fourth-order valence-electron chi connectivity index (χ4n) is 1.52. The van der Waals surface area contributed by atoms with Crippen LogP contribution in [0.4, 0.5) is 0 Å². The Bertz CT molecular complexity index is 469. The van der Waals surface area contributed by atoms with Crippen molar-refractivity contribution >= 4 is 0 Å². The van der Waals surface area contributed by atoms with Gasteiger partial charge in [-0.3, -0.25) is 4.98 Å². The van der Waals surface area contributed by atoms with Gasteiger partial charge in [0.05, 0.1) is 12.3 Å². The Morgan fingerprint density at radius 3 is 2.81 bits per heavy atom. The normalized spacial score (nSPS) is 10.1. The lowest BCUT2D eigenvalue weighted by molar-refractivity contribution is 0.339. The molecule has 0 radical (unpaired) electrons. The molecule has 0 aliphatic carbocycles. The summed E-state index contributed by atoms with van der Waals surface area (Å²) >= 11 is 0. The van der Waals surface area contributed by atoms with E-state index in [2.05, 4.69) is 4.98 Å². The lowest BCUT2D eigenvalue weighted by Crippen LogP contribution is -1.94. The molecule has 0 bridgehead atoms. The first-order chi connectivity index (χ1) is 7.81. The van der Waals surface area contributed by atoms with E-state index >= 15 is 0 Å². The van der Waals surface area contributed by atoms with E-state index in [1.807, 2.05) is 31.2 Å². The summed E-state index contributed by atoms with van der Waals surface area (Å²) < 4.78 is 5.47. The minimum atomic E-state index is 0.197. The SMILES string of the molecule is CCOc1cc(O)ccc1-c1ccccn1. The van der Waals surface area contributed by atoms with Gasteiger partial charge in [-0.15, -0.1) is 0 Å². The molecule has 2 rings (SSSR count). The van der Waals surface area contributed by atoms with Crippen LogP contribution in [-0.2, 0) is 0 Å². The molecular weight excluding hydrogens is 202 g/mol. The molecule has 1 heterocycles. The van der Waals surface area contributed by atoms with Crippen molar-refractivity contribution < 1.29 is 9.84 Å². The Labute approximate surface area is 94.3 Å². The molecule has 0 atom stereocenters. The van der Waals surface area contributed by atoms with Crippen molar-refractivity contribution in [3.8, 4) is 22.8 Å². The first-order valence-corrected chi connectivity index (χ1v) is 5.18. The van der Waals surface area contributed by atoms with Crippen molar-refractivity contribution in [2.45, 2.75) is 6.92 Å². The van der Waals surface area contributed by atoms with Crippen molar-refractivity contribution in [1.82, 2.24) is 4.98 Å². The summed E-state index contributed by atoms with van der Waals surface area (Å²) in [6, 6.07) is 10.7. The van der Waals surface area contributed by atoms with Crippen molar-refractivity contribution in [2.75, 3.05) is 6.61 Å². The van der Waals surface area contributed by atoms with Gasteiger partial charge in [-0.1, -0.05) is 6.07 Å². The number of phenolic OH excluding ortho intramolecular Hbond substituents is 1. The van der Waals surface area contributed by atoms with E-state index in [1.54, 1.807) is 18.3 Å². The quantitative estimate of drug-likeness (QED) is 0.856. The Morgan fingerprint density at radius 1 is 1.25 bits per heavy atom. The second kappa shape index (κ2) is 4.66. The molecule has 82 valence electrons. The molecule has 1 aromatic carbocycles. The predicted molar refractivity (Wildman–Crippen MR) is 62.5 cm³/mol. The van der Waals surface area contributed by atoms with Crippen LogP contribution in [0.25, 0.3) is 11.3 Å². The Kier molecular flexibility index (Phi) is 3.05. The highest BCUT2D eigenvalue weighted by atomic mass is 16.5. The van der Waals surface area contributed by atoms with Crippen LogP contribution >= 0.6 is 0 Å². The smallest absolute Gasteiger partial charge is 0.132 e.